The highest BCUT2D eigenvalue weighted by Crippen LogP contribution is 2.16. The summed E-state index contributed by atoms with van der Waals surface area (Å²) >= 11 is 0. The highest BCUT2D eigenvalue weighted by Gasteiger charge is 1.99. The number of aromatic nitrogens is 1. The lowest BCUT2D eigenvalue weighted by Gasteiger charge is -2.00. The molecule has 0 N–H and O–H groups in total. The first-order valence-corrected chi connectivity index (χ1v) is 4.80. The number of pyridine rings is 1. The quantitative estimate of drug-likeness (QED) is 0.732. The third kappa shape index (κ3) is 2.03. The standard InChI is InChI=1S/C13H9NO2/c15-8-10-1-4-12(5-2-10)13-6-3-11(9-16)7-14-13/h1-9H. The minimum absolute atomic E-state index is 0.549. The van der Waals surface area contributed by atoms with E-state index in [1.165, 1.54) is 6.20 Å². The fourth-order valence-corrected chi connectivity index (χ4v) is 1.38. The summed E-state index contributed by atoms with van der Waals surface area (Å²) in [7, 11) is 0. The van der Waals surface area contributed by atoms with Crippen molar-refractivity contribution in [3.63, 3.8) is 0 Å². The molecule has 0 spiro atoms. The maximum atomic E-state index is 10.5. The monoisotopic (exact) mass is 211 g/mol. The molecule has 0 amide bonds. The molecule has 0 aliphatic rings. The van der Waals surface area contributed by atoms with Crippen LogP contribution in [0, 0.1) is 0 Å². The van der Waals surface area contributed by atoms with Crippen LogP contribution in [0.3, 0.4) is 0 Å². The smallest absolute Gasteiger partial charge is 0.151 e. The number of carbonyl (C=O) groups is 2. The first kappa shape index (κ1) is 10.2. The molecule has 0 radical (unpaired) electrons. The van der Waals surface area contributed by atoms with E-state index in [4.69, 9.17) is 0 Å². The molecule has 0 unspecified atom stereocenters. The molecule has 0 fully saturated rings. The van der Waals surface area contributed by atoms with Crippen molar-refractivity contribution in [2.24, 2.45) is 0 Å². The number of benzene rings is 1. The molecule has 1 heterocycles. The van der Waals surface area contributed by atoms with E-state index in [1.807, 2.05) is 12.1 Å². The fraction of sp³-hybridized carbons (Fsp3) is 0. The van der Waals surface area contributed by atoms with Gasteiger partial charge in [0.25, 0.3) is 0 Å². The molecule has 0 atom stereocenters. The molecule has 3 heteroatoms. The predicted molar refractivity (Wildman–Crippen MR) is 60.4 cm³/mol. The second-order valence-corrected chi connectivity index (χ2v) is 3.33. The van der Waals surface area contributed by atoms with Gasteiger partial charge in [-0.25, -0.2) is 0 Å². The van der Waals surface area contributed by atoms with Crippen LogP contribution in [0.5, 0.6) is 0 Å². The van der Waals surface area contributed by atoms with Crippen LogP contribution in [0.15, 0.2) is 42.6 Å². The molecule has 0 aliphatic carbocycles. The Morgan fingerprint density at radius 2 is 1.44 bits per heavy atom. The van der Waals surface area contributed by atoms with Crippen molar-refractivity contribution < 1.29 is 9.59 Å². The Hall–Kier alpha value is -2.29. The fourth-order valence-electron chi connectivity index (χ4n) is 1.38. The molecule has 1 aromatic carbocycles. The minimum Gasteiger partial charge on any atom is -0.298 e. The molecule has 0 aliphatic heterocycles. The van der Waals surface area contributed by atoms with E-state index < -0.39 is 0 Å². The van der Waals surface area contributed by atoms with Gasteiger partial charge in [-0.3, -0.25) is 14.6 Å². The summed E-state index contributed by atoms with van der Waals surface area (Å²) in [4.78, 5) is 25.1. The normalized spacial score (nSPS) is 9.75. The Labute approximate surface area is 92.8 Å². The highest BCUT2D eigenvalue weighted by atomic mass is 16.1. The van der Waals surface area contributed by atoms with Gasteiger partial charge < -0.3 is 0 Å². The van der Waals surface area contributed by atoms with Gasteiger partial charge >= 0.3 is 0 Å². The van der Waals surface area contributed by atoms with Gasteiger partial charge in [-0.15, -0.1) is 0 Å². The summed E-state index contributed by atoms with van der Waals surface area (Å²) in [5.74, 6) is 0. The zero-order chi connectivity index (χ0) is 11.4. The van der Waals surface area contributed by atoms with Gasteiger partial charge in [0.05, 0.1) is 5.69 Å². The summed E-state index contributed by atoms with van der Waals surface area (Å²) < 4.78 is 0. The summed E-state index contributed by atoms with van der Waals surface area (Å²) in [6.07, 6.45) is 3.08. The van der Waals surface area contributed by atoms with Gasteiger partial charge in [0.2, 0.25) is 0 Å². The number of rotatable bonds is 3. The maximum absolute atomic E-state index is 10.5. The van der Waals surface area contributed by atoms with Gasteiger partial charge in [0, 0.05) is 22.9 Å². The average Bonchev–Trinajstić information content (AvgIpc) is 2.39. The van der Waals surface area contributed by atoms with Crippen LogP contribution in [-0.2, 0) is 0 Å². The van der Waals surface area contributed by atoms with E-state index in [1.54, 1.807) is 24.3 Å². The minimum atomic E-state index is 0.549. The van der Waals surface area contributed by atoms with Crippen molar-refractivity contribution >= 4 is 12.6 Å². The Balaban J connectivity index is 2.34. The molecule has 0 bridgehead atoms. The van der Waals surface area contributed by atoms with E-state index in [-0.39, 0.29) is 0 Å². The van der Waals surface area contributed by atoms with Crippen molar-refractivity contribution in [2.45, 2.75) is 0 Å². The third-order valence-electron chi connectivity index (χ3n) is 2.26. The Kier molecular flexibility index (Phi) is 2.87. The molecule has 3 nitrogen and oxygen atoms in total. The van der Waals surface area contributed by atoms with E-state index in [2.05, 4.69) is 4.98 Å². The SMILES string of the molecule is O=Cc1ccc(-c2ccc(C=O)cn2)cc1. The van der Waals surface area contributed by atoms with Gasteiger partial charge in [-0.1, -0.05) is 24.3 Å². The van der Waals surface area contributed by atoms with E-state index in [0.29, 0.717) is 11.1 Å². The third-order valence-corrected chi connectivity index (χ3v) is 2.26. The van der Waals surface area contributed by atoms with Crippen molar-refractivity contribution in [3.8, 4) is 11.3 Å². The molecule has 2 rings (SSSR count). The van der Waals surface area contributed by atoms with Crippen molar-refractivity contribution in [1.29, 1.82) is 0 Å². The van der Waals surface area contributed by atoms with Crippen LogP contribution in [0.1, 0.15) is 20.7 Å². The molecule has 0 saturated carbocycles. The first-order valence-electron chi connectivity index (χ1n) is 4.80. The molecule has 16 heavy (non-hydrogen) atoms. The van der Waals surface area contributed by atoms with Crippen LogP contribution in [0.25, 0.3) is 11.3 Å². The Bertz CT molecular complexity index is 451. The Morgan fingerprint density at radius 3 is 1.94 bits per heavy atom. The lowest BCUT2D eigenvalue weighted by molar-refractivity contribution is 0.111. The summed E-state index contributed by atoms with van der Waals surface area (Å²) in [6, 6.07) is 10.6. The van der Waals surface area contributed by atoms with Crippen molar-refractivity contribution in [2.75, 3.05) is 0 Å². The van der Waals surface area contributed by atoms with Crippen LogP contribution in [0.2, 0.25) is 0 Å². The Morgan fingerprint density at radius 1 is 0.812 bits per heavy atom. The summed E-state index contributed by atoms with van der Waals surface area (Å²) in [6.45, 7) is 0. The van der Waals surface area contributed by atoms with Gasteiger partial charge in [0.15, 0.2) is 6.29 Å². The zero-order valence-corrected chi connectivity index (χ0v) is 8.46. The van der Waals surface area contributed by atoms with Crippen LogP contribution >= 0.6 is 0 Å². The van der Waals surface area contributed by atoms with Crippen molar-refractivity contribution in [3.05, 3.63) is 53.7 Å². The molecule has 2 aromatic rings. The first-order chi connectivity index (χ1) is 7.83. The average molecular weight is 211 g/mol. The second kappa shape index (κ2) is 4.49. The lowest BCUT2D eigenvalue weighted by atomic mass is 10.1. The number of carbonyl (C=O) groups excluding carboxylic acids is 2. The summed E-state index contributed by atoms with van der Waals surface area (Å²) in [5, 5.41) is 0. The molecular formula is C13H9NO2. The maximum Gasteiger partial charge on any atom is 0.151 e. The molecule has 1 aromatic heterocycles. The van der Waals surface area contributed by atoms with Gasteiger partial charge in [-0.2, -0.15) is 0 Å². The molecular weight excluding hydrogens is 202 g/mol. The van der Waals surface area contributed by atoms with Crippen molar-refractivity contribution in [1.82, 2.24) is 4.98 Å². The number of hydrogen-bond donors (Lipinski definition) is 0. The lowest BCUT2D eigenvalue weighted by Crippen LogP contribution is -1.87. The highest BCUT2D eigenvalue weighted by molar-refractivity contribution is 5.77. The van der Waals surface area contributed by atoms with E-state index in [9.17, 15) is 9.59 Å². The number of hydrogen-bond acceptors (Lipinski definition) is 3. The number of aldehydes is 2. The summed E-state index contributed by atoms with van der Waals surface area (Å²) in [5.41, 5.74) is 2.88. The van der Waals surface area contributed by atoms with Crippen LogP contribution < -0.4 is 0 Å². The largest absolute Gasteiger partial charge is 0.298 e. The topological polar surface area (TPSA) is 47.0 Å². The number of nitrogens with zero attached hydrogens (tertiary/aromatic N) is 1. The molecule has 0 saturated heterocycles. The molecule has 78 valence electrons. The predicted octanol–water partition coefficient (Wildman–Crippen LogP) is 2.37. The van der Waals surface area contributed by atoms with Gasteiger partial charge in [-0.05, 0) is 12.1 Å². The van der Waals surface area contributed by atoms with Crippen LogP contribution in [0.4, 0.5) is 0 Å². The zero-order valence-electron chi connectivity index (χ0n) is 8.46. The van der Waals surface area contributed by atoms with E-state index in [0.717, 1.165) is 23.8 Å². The van der Waals surface area contributed by atoms with E-state index >= 15 is 0 Å². The second-order valence-electron chi connectivity index (χ2n) is 3.33. The van der Waals surface area contributed by atoms with Gasteiger partial charge in [0.1, 0.15) is 6.29 Å². The van der Waals surface area contributed by atoms with Crippen LogP contribution in [-0.4, -0.2) is 17.6 Å².